The highest BCUT2D eigenvalue weighted by Crippen LogP contribution is 2.29. The van der Waals surface area contributed by atoms with Crippen molar-refractivity contribution in [2.45, 2.75) is 20.8 Å². The Bertz CT molecular complexity index is 411. The highest BCUT2D eigenvalue weighted by molar-refractivity contribution is 6.37. The van der Waals surface area contributed by atoms with Crippen LogP contribution in [0.4, 0.5) is 11.6 Å². The monoisotopic (exact) mass is 291 g/mol. The van der Waals surface area contributed by atoms with Crippen LogP contribution in [0.15, 0.2) is 6.07 Å². The lowest BCUT2D eigenvalue weighted by molar-refractivity contribution is 0.170. The number of nitrogens with zero attached hydrogens (tertiary/aromatic N) is 1. The molecule has 0 saturated heterocycles. The van der Waals surface area contributed by atoms with Crippen molar-refractivity contribution >= 4 is 34.8 Å². The summed E-state index contributed by atoms with van der Waals surface area (Å²) in [6.45, 7) is 7.27. The first-order valence-corrected chi connectivity index (χ1v) is 6.60. The Hall–Kier alpha value is -0.710. The summed E-state index contributed by atoms with van der Waals surface area (Å²) in [6, 6.07) is 1.66. The van der Waals surface area contributed by atoms with Gasteiger partial charge in [-0.3, -0.25) is 0 Å². The van der Waals surface area contributed by atoms with Gasteiger partial charge in [0.1, 0.15) is 11.6 Å². The first kappa shape index (κ1) is 15.3. The van der Waals surface area contributed by atoms with Gasteiger partial charge >= 0.3 is 0 Å². The summed E-state index contributed by atoms with van der Waals surface area (Å²) in [4.78, 5) is 4.33. The number of anilines is 2. The molecule has 0 aliphatic carbocycles. The van der Waals surface area contributed by atoms with Gasteiger partial charge in [-0.15, -0.1) is 0 Å². The van der Waals surface area contributed by atoms with E-state index < -0.39 is 0 Å². The third kappa shape index (κ3) is 4.19. The third-order valence-electron chi connectivity index (χ3n) is 2.44. The number of hydrogen-bond acceptors (Lipinski definition) is 4. The van der Waals surface area contributed by atoms with Crippen LogP contribution in [0.25, 0.3) is 0 Å². The lowest BCUT2D eigenvalue weighted by Gasteiger charge is -2.22. The average molecular weight is 292 g/mol. The SMILES string of the molecule is CCNc1nc(NCC(C)(C)CO)c(Cl)cc1Cl. The van der Waals surface area contributed by atoms with Gasteiger partial charge in [-0.25, -0.2) is 4.98 Å². The summed E-state index contributed by atoms with van der Waals surface area (Å²) in [5.41, 5.74) is -0.233. The van der Waals surface area contributed by atoms with Gasteiger partial charge in [-0.05, 0) is 13.0 Å². The number of rotatable bonds is 6. The minimum absolute atomic E-state index is 0.0886. The molecular formula is C12H19Cl2N3O. The van der Waals surface area contributed by atoms with Crippen LogP contribution < -0.4 is 10.6 Å². The molecule has 0 fully saturated rings. The molecule has 0 radical (unpaired) electrons. The molecule has 0 saturated carbocycles. The summed E-state index contributed by atoms with van der Waals surface area (Å²) in [5, 5.41) is 16.4. The van der Waals surface area contributed by atoms with Crippen LogP contribution in [0.3, 0.4) is 0 Å². The maximum absolute atomic E-state index is 9.20. The largest absolute Gasteiger partial charge is 0.396 e. The van der Waals surface area contributed by atoms with Crippen LogP contribution in [0.5, 0.6) is 0 Å². The summed E-state index contributed by atoms with van der Waals surface area (Å²) >= 11 is 12.1. The lowest BCUT2D eigenvalue weighted by atomic mass is 9.95. The number of nitrogens with one attached hydrogen (secondary N) is 2. The van der Waals surface area contributed by atoms with Crippen molar-refractivity contribution in [2.75, 3.05) is 30.3 Å². The zero-order valence-electron chi connectivity index (χ0n) is 10.8. The van der Waals surface area contributed by atoms with Gasteiger partial charge in [0.05, 0.1) is 10.0 Å². The van der Waals surface area contributed by atoms with Crippen molar-refractivity contribution in [3.63, 3.8) is 0 Å². The molecule has 3 N–H and O–H groups in total. The molecule has 1 heterocycles. The average Bonchev–Trinajstić information content (AvgIpc) is 2.31. The van der Waals surface area contributed by atoms with E-state index in [1.54, 1.807) is 6.07 Å². The highest BCUT2D eigenvalue weighted by atomic mass is 35.5. The highest BCUT2D eigenvalue weighted by Gasteiger charge is 2.17. The number of pyridine rings is 1. The van der Waals surface area contributed by atoms with Gasteiger partial charge in [0.25, 0.3) is 0 Å². The van der Waals surface area contributed by atoms with Crippen molar-refractivity contribution in [3.8, 4) is 0 Å². The molecule has 102 valence electrons. The number of hydrogen-bond donors (Lipinski definition) is 3. The van der Waals surface area contributed by atoms with Gasteiger partial charge in [0.2, 0.25) is 0 Å². The van der Waals surface area contributed by atoms with Crippen LogP contribution >= 0.6 is 23.2 Å². The standard InChI is InChI=1S/C12H19Cl2N3O/c1-4-15-10-8(13)5-9(14)11(17-10)16-6-12(2,3)7-18/h5,18H,4,6-7H2,1-3H3,(H2,15,16,17). The molecule has 0 aromatic carbocycles. The third-order valence-corrected chi connectivity index (χ3v) is 3.01. The Balaban J connectivity index is 2.85. The fourth-order valence-corrected chi connectivity index (χ4v) is 1.75. The Morgan fingerprint density at radius 1 is 1.22 bits per heavy atom. The van der Waals surface area contributed by atoms with E-state index in [0.717, 1.165) is 6.54 Å². The second-order valence-corrected chi connectivity index (χ2v) is 5.67. The molecule has 0 spiro atoms. The molecule has 1 aromatic heterocycles. The fourth-order valence-electron chi connectivity index (χ4n) is 1.26. The molecule has 1 aromatic rings. The van der Waals surface area contributed by atoms with E-state index in [9.17, 15) is 5.11 Å². The zero-order chi connectivity index (χ0) is 13.8. The topological polar surface area (TPSA) is 57.2 Å². The van der Waals surface area contributed by atoms with Crippen LogP contribution in [0, 0.1) is 5.41 Å². The van der Waals surface area contributed by atoms with Crippen LogP contribution in [-0.2, 0) is 0 Å². The minimum atomic E-state index is -0.233. The molecule has 4 nitrogen and oxygen atoms in total. The van der Waals surface area contributed by atoms with E-state index in [0.29, 0.717) is 28.2 Å². The number of aromatic nitrogens is 1. The molecule has 1 rings (SSSR count). The quantitative estimate of drug-likeness (QED) is 0.753. The van der Waals surface area contributed by atoms with Crippen molar-refractivity contribution in [3.05, 3.63) is 16.1 Å². The first-order chi connectivity index (χ1) is 8.39. The number of aliphatic hydroxyl groups is 1. The molecule has 0 aliphatic rings. The van der Waals surface area contributed by atoms with Crippen LogP contribution in [0.1, 0.15) is 20.8 Å². The Morgan fingerprint density at radius 3 is 2.28 bits per heavy atom. The summed E-state index contributed by atoms with van der Waals surface area (Å²) < 4.78 is 0. The van der Waals surface area contributed by atoms with Gasteiger partial charge in [-0.2, -0.15) is 0 Å². The van der Waals surface area contributed by atoms with Crippen molar-refractivity contribution in [2.24, 2.45) is 5.41 Å². The Labute approximate surface area is 118 Å². The van der Waals surface area contributed by atoms with Crippen molar-refractivity contribution in [1.82, 2.24) is 4.98 Å². The van der Waals surface area contributed by atoms with E-state index in [1.807, 2.05) is 20.8 Å². The lowest BCUT2D eigenvalue weighted by Crippen LogP contribution is -2.27. The van der Waals surface area contributed by atoms with E-state index in [4.69, 9.17) is 23.2 Å². The Kier molecular flexibility index (Phi) is 5.50. The van der Waals surface area contributed by atoms with E-state index in [-0.39, 0.29) is 12.0 Å². The molecule has 0 amide bonds. The molecule has 6 heteroatoms. The summed E-state index contributed by atoms with van der Waals surface area (Å²) in [5.74, 6) is 1.17. The maximum atomic E-state index is 9.20. The maximum Gasteiger partial charge on any atom is 0.147 e. The molecule has 0 aliphatic heterocycles. The molecule has 0 bridgehead atoms. The van der Waals surface area contributed by atoms with E-state index >= 15 is 0 Å². The van der Waals surface area contributed by atoms with Gasteiger partial charge in [-0.1, -0.05) is 37.0 Å². The van der Waals surface area contributed by atoms with Gasteiger partial charge in [0, 0.05) is 25.1 Å². The second kappa shape index (κ2) is 6.45. The van der Waals surface area contributed by atoms with Gasteiger partial charge < -0.3 is 15.7 Å². The minimum Gasteiger partial charge on any atom is -0.396 e. The fraction of sp³-hybridized carbons (Fsp3) is 0.583. The molecule has 18 heavy (non-hydrogen) atoms. The molecule has 0 atom stereocenters. The van der Waals surface area contributed by atoms with Gasteiger partial charge in [0.15, 0.2) is 0 Å². The normalized spacial score (nSPS) is 11.4. The predicted octanol–water partition coefficient (Wildman–Crippen LogP) is 3.25. The van der Waals surface area contributed by atoms with Crippen LogP contribution in [0.2, 0.25) is 10.0 Å². The summed E-state index contributed by atoms with van der Waals surface area (Å²) in [6.07, 6.45) is 0. The number of halogens is 2. The molecular weight excluding hydrogens is 273 g/mol. The predicted molar refractivity (Wildman–Crippen MR) is 77.8 cm³/mol. The second-order valence-electron chi connectivity index (χ2n) is 4.86. The number of aliphatic hydroxyl groups excluding tert-OH is 1. The molecule has 0 unspecified atom stereocenters. The van der Waals surface area contributed by atoms with E-state index in [1.165, 1.54) is 0 Å². The Morgan fingerprint density at radius 2 is 1.78 bits per heavy atom. The summed E-state index contributed by atoms with van der Waals surface area (Å²) in [7, 11) is 0. The van der Waals surface area contributed by atoms with Crippen molar-refractivity contribution < 1.29 is 5.11 Å². The smallest absolute Gasteiger partial charge is 0.147 e. The first-order valence-electron chi connectivity index (χ1n) is 5.84. The van der Waals surface area contributed by atoms with E-state index in [2.05, 4.69) is 15.6 Å². The zero-order valence-corrected chi connectivity index (χ0v) is 12.4. The van der Waals surface area contributed by atoms with Crippen molar-refractivity contribution in [1.29, 1.82) is 0 Å². The van der Waals surface area contributed by atoms with Crippen LogP contribution in [-0.4, -0.2) is 29.8 Å².